The van der Waals surface area contributed by atoms with Crippen molar-refractivity contribution in [1.82, 2.24) is 5.32 Å². The molecule has 0 amide bonds. The van der Waals surface area contributed by atoms with Gasteiger partial charge >= 0.3 is 11.9 Å². The summed E-state index contributed by atoms with van der Waals surface area (Å²) in [5, 5.41) is 14.4. The van der Waals surface area contributed by atoms with Gasteiger partial charge in [0, 0.05) is 28.4 Å². The van der Waals surface area contributed by atoms with Gasteiger partial charge in [-0.2, -0.15) is 0 Å². The molecule has 0 radical (unpaired) electrons. The molecule has 1 heterocycles. The van der Waals surface area contributed by atoms with Crippen LogP contribution in [0.4, 0.5) is 5.69 Å². The summed E-state index contributed by atoms with van der Waals surface area (Å²) < 4.78 is 10.5. The summed E-state index contributed by atoms with van der Waals surface area (Å²) in [5.41, 5.74) is 1.87. The van der Waals surface area contributed by atoms with E-state index in [0.717, 1.165) is 0 Å². The van der Waals surface area contributed by atoms with Gasteiger partial charge in [0.2, 0.25) is 0 Å². The second-order valence-corrected chi connectivity index (χ2v) is 7.11. The van der Waals surface area contributed by atoms with Gasteiger partial charge in [0.05, 0.1) is 35.2 Å². The number of nitrogens with zero attached hydrogens (tertiary/aromatic N) is 1. The molecule has 0 fully saturated rings. The topological polar surface area (TPSA) is 108 Å². The van der Waals surface area contributed by atoms with Crippen LogP contribution in [0, 0.1) is 10.1 Å². The molecule has 156 valence electrons. The molecule has 2 rings (SSSR count). The van der Waals surface area contributed by atoms with Crippen molar-refractivity contribution in [2.24, 2.45) is 0 Å². The summed E-state index contributed by atoms with van der Waals surface area (Å²) >= 11 is 1.37. The van der Waals surface area contributed by atoms with Gasteiger partial charge in [-0.25, -0.2) is 9.59 Å². The van der Waals surface area contributed by atoms with E-state index in [1.165, 1.54) is 23.9 Å². The third-order valence-corrected chi connectivity index (χ3v) is 5.30. The van der Waals surface area contributed by atoms with Gasteiger partial charge in [-0.05, 0) is 45.6 Å². The maximum Gasteiger partial charge on any atom is 0.336 e. The van der Waals surface area contributed by atoms with E-state index in [2.05, 4.69) is 5.32 Å². The highest BCUT2D eigenvalue weighted by molar-refractivity contribution is 7.98. The zero-order chi connectivity index (χ0) is 21.7. The largest absolute Gasteiger partial charge is 0.463 e. The lowest BCUT2D eigenvalue weighted by molar-refractivity contribution is -0.385. The molecule has 1 aliphatic rings. The first kappa shape index (κ1) is 22.5. The van der Waals surface area contributed by atoms with Crippen LogP contribution in [0.3, 0.4) is 0 Å². The Morgan fingerprint density at radius 1 is 1.10 bits per heavy atom. The Morgan fingerprint density at radius 3 is 2.03 bits per heavy atom. The minimum atomic E-state index is -0.850. The first-order chi connectivity index (χ1) is 13.8. The fraction of sp³-hybridized carbons (Fsp3) is 0.400. The van der Waals surface area contributed by atoms with E-state index in [0.29, 0.717) is 21.9 Å². The van der Waals surface area contributed by atoms with E-state index in [1.807, 2.05) is 6.26 Å². The highest BCUT2D eigenvalue weighted by atomic mass is 32.2. The molecular formula is C20H24N2O6S. The number of allylic oxidation sites excluding steroid dienone is 2. The predicted molar refractivity (Wildman–Crippen MR) is 109 cm³/mol. The summed E-state index contributed by atoms with van der Waals surface area (Å²) in [7, 11) is 0. The van der Waals surface area contributed by atoms with Crippen LogP contribution in [0.15, 0.2) is 45.6 Å². The Balaban J connectivity index is 2.81. The standard InChI is InChI=1S/C20H24N2O6S/c1-6-27-19(23)16-11(3)21-12(4)17(20(24)28-7-2)18(16)14-10-13(22(25)26)8-9-15(14)29-5/h8-10,18,21H,6-7H2,1-5H3. The molecule has 1 aliphatic heterocycles. The number of dihydropyridines is 1. The zero-order valence-corrected chi connectivity index (χ0v) is 17.8. The molecule has 0 aromatic heterocycles. The van der Waals surface area contributed by atoms with Gasteiger partial charge in [0.25, 0.3) is 5.69 Å². The number of nitro benzene ring substituents is 1. The molecule has 1 aromatic carbocycles. The summed E-state index contributed by atoms with van der Waals surface area (Å²) in [6.45, 7) is 7.11. The number of hydrogen-bond acceptors (Lipinski definition) is 8. The van der Waals surface area contributed by atoms with E-state index < -0.39 is 22.8 Å². The Bertz CT molecular complexity index is 866. The molecule has 0 saturated carbocycles. The number of rotatable bonds is 7. The zero-order valence-electron chi connectivity index (χ0n) is 17.0. The van der Waals surface area contributed by atoms with Gasteiger partial charge < -0.3 is 14.8 Å². The normalized spacial score (nSPS) is 14.5. The average molecular weight is 420 g/mol. The number of non-ortho nitro benzene ring substituents is 1. The van der Waals surface area contributed by atoms with Gasteiger partial charge in [0.15, 0.2) is 0 Å². The number of nitro groups is 1. The number of carbonyl (C=O) groups excluding carboxylic acids is 2. The molecular weight excluding hydrogens is 396 g/mol. The summed E-state index contributed by atoms with van der Waals surface area (Å²) in [6, 6.07) is 4.43. The van der Waals surface area contributed by atoms with Crippen LogP contribution in [0.25, 0.3) is 0 Å². The minimum Gasteiger partial charge on any atom is -0.463 e. The van der Waals surface area contributed by atoms with Crippen LogP contribution in [-0.2, 0) is 19.1 Å². The smallest absolute Gasteiger partial charge is 0.336 e. The van der Waals surface area contributed by atoms with Crippen LogP contribution in [0.5, 0.6) is 0 Å². The maximum absolute atomic E-state index is 12.8. The second-order valence-electron chi connectivity index (χ2n) is 6.26. The van der Waals surface area contributed by atoms with Crippen molar-refractivity contribution in [1.29, 1.82) is 0 Å². The van der Waals surface area contributed by atoms with Gasteiger partial charge in [0.1, 0.15) is 0 Å². The highest BCUT2D eigenvalue weighted by Gasteiger charge is 2.39. The fourth-order valence-corrected chi connectivity index (χ4v) is 3.94. The summed E-state index contributed by atoms with van der Waals surface area (Å²) in [5.74, 6) is -2.03. The average Bonchev–Trinajstić information content (AvgIpc) is 2.66. The number of nitrogens with one attached hydrogen (secondary N) is 1. The number of thioether (sulfide) groups is 1. The first-order valence-corrected chi connectivity index (χ1v) is 10.3. The second kappa shape index (κ2) is 9.60. The Hall–Kier alpha value is -2.81. The molecule has 0 bridgehead atoms. The summed E-state index contributed by atoms with van der Waals surface area (Å²) in [6.07, 6.45) is 1.83. The molecule has 0 unspecified atom stereocenters. The Kier molecular flexibility index (Phi) is 7.44. The van der Waals surface area contributed by atoms with Gasteiger partial charge in [-0.15, -0.1) is 11.8 Å². The number of esters is 2. The lowest BCUT2D eigenvalue weighted by atomic mass is 9.80. The number of ether oxygens (including phenoxy) is 2. The van der Waals surface area contributed by atoms with Crippen molar-refractivity contribution in [3.05, 3.63) is 56.4 Å². The van der Waals surface area contributed by atoms with Crippen molar-refractivity contribution in [2.45, 2.75) is 38.5 Å². The van der Waals surface area contributed by atoms with Gasteiger partial charge in [-0.1, -0.05) is 0 Å². The maximum atomic E-state index is 12.8. The Labute approximate surface area is 173 Å². The van der Waals surface area contributed by atoms with E-state index in [-0.39, 0.29) is 30.0 Å². The van der Waals surface area contributed by atoms with Crippen LogP contribution in [-0.4, -0.2) is 36.3 Å². The van der Waals surface area contributed by atoms with Crippen LogP contribution >= 0.6 is 11.8 Å². The third-order valence-electron chi connectivity index (χ3n) is 4.49. The molecule has 1 aromatic rings. The van der Waals surface area contributed by atoms with E-state index in [9.17, 15) is 19.7 Å². The molecule has 0 atom stereocenters. The third kappa shape index (κ3) is 4.61. The van der Waals surface area contributed by atoms with Crippen molar-refractivity contribution in [2.75, 3.05) is 19.5 Å². The molecule has 0 aliphatic carbocycles. The number of carbonyl (C=O) groups is 2. The van der Waals surface area contributed by atoms with E-state index in [4.69, 9.17) is 9.47 Å². The monoisotopic (exact) mass is 420 g/mol. The predicted octanol–water partition coefficient (Wildman–Crippen LogP) is 3.68. The fourth-order valence-electron chi connectivity index (χ4n) is 3.32. The first-order valence-electron chi connectivity index (χ1n) is 9.11. The van der Waals surface area contributed by atoms with Crippen molar-refractivity contribution >= 4 is 29.4 Å². The Morgan fingerprint density at radius 2 is 1.62 bits per heavy atom. The van der Waals surface area contributed by atoms with E-state index in [1.54, 1.807) is 33.8 Å². The molecule has 9 heteroatoms. The summed E-state index contributed by atoms with van der Waals surface area (Å²) in [4.78, 5) is 37.2. The highest BCUT2D eigenvalue weighted by Crippen LogP contribution is 2.43. The van der Waals surface area contributed by atoms with Crippen LogP contribution < -0.4 is 5.32 Å². The molecule has 1 N–H and O–H groups in total. The van der Waals surface area contributed by atoms with Crippen LogP contribution in [0.1, 0.15) is 39.2 Å². The number of benzene rings is 1. The van der Waals surface area contributed by atoms with E-state index >= 15 is 0 Å². The van der Waals surface area contributed by atoms with Crippen molar-refractivity contribution in [3.63, 3.8) is 0 Å². The molecule has 29 heavy (non-hydrogen) atoms. The van der Waals surface area contributed by atoms with Crippen molar-refractivity contribution < 1.29 is 24.0 Å². The molecule has 0 spiro atoms. The molecule has 0 saturated heterocycles. The minimum absolute atomic E-state index is 0.127. The lowest BCUT2D eigenvalue weighted by Gasteiger charge is -2.31. The van der Waals surface area contributed by atoms with Crippen LogP contribution in [0.2, 0.25) is 0 Å². The lowest BCUT2D eigenvalue weighted by Crippen LogP contribution is -2.32. The van der Waals surface area contributed by atoms with Gasteiger partial charge in [-0.3, -0.25) is 10.1 Å². The quantitative estimate of drug-likeness (QED) is 0.308. The molecule has 8 nitrogen and oxygen atoms in total. The van der Waals surface area contributed by atoms with Crippen molar-refractivity contribution in [3.8, 4) is 0 Å². The number of hydrogen-bond donors (Lipinski definition) is 1. The SMILES string of the molecule is CCOC(=O)C1=C(C)NC(C)=C(C(=O)OCC)C1c1cc([N+](=O)[O-])ccc1SC.